The van der Waals surface area contributed by atoms with Crippen LogP contribution < -0.4 is 36.0 Å². The maximum absolute atomic E-state index is 2.58. The second kappa shape index (κ2) is 22.8. The van der Waals surface area contributed by atoms with Gasteiger partial charge in [0.2, 0.25) is 0 Å². The number of nitrogens with zero attached hydrogens (tertiary/aromatic N) is 4. The Morgan fingerprint density at radius 3 is 0.965 bits per heavy atom. The summed E-state index contributed by atoms with van der Waals surface area (Å²) in [5.74, 6) is 0.480. The summed E-state index contributed by atoms with van der Waals surface area (Å²) in [6.45, 7) is 39.1. The third-order valence-corrected chi connectivity index (χ3v) is 18.4. The van der Waals surface area contributed by atoms with E-state index in [4.69, 9.17) is 0 Å². The Morgan fingerprint density at radius 1 is 0.349 bits per heavy atom. The molecule has 0 radical (unpaired) electrons. The molecule has 1 unspecified atom stereocenters. The first-order valence-corrected chi connectivity index (χ1v) is 31.9. The molecule has 0 saturated carbocycles. The van der Waals surface area contributed by atoms with Gasteiger partial charge in [0.1, 0.15) is 0 Å². The highest BCUT2D eigenvalue weighted by atomic mass is 15.2. The van der Waals surface area contributed by atoms with E-state index < -0.39 is 0 Å². The van der Waals surface area contributed by atoms with E-state index in [2.05, 4.69) is 337 Å². The molecular formula is C81H93BN4. The molecular weight excluding hydrogens is 1040 g/mol. The van der Waals surface area contributed by atoms with Crippen molar-refractivity contribution in [1.29, 1.82) is 0 Å². The molecule has 86 heavy (non-hydrogen) atoms. The Kier molecular flexibility index (Phi) is 15.9. The van der Waals surface area contributed by atoms with Crippen LogP contribution in [0.2, 0.25) is 0 Å². The molecule has 0 bridgehead atoms. The van der Waals surface area contributed by atoms with Crippen molar-refractivity contribution in [3.8, 4) is 0 Å². The molecule has 9 aromatic rings. The first-order chi connectivity index (χ1) is 40.7. The Hall–Kier alpha value is -7.76. The average Bonchev–Trinajstić information content (AvgIpc) is 0.709. The number of rotatable bonds is 13. The molecule has 5 heteroatoms. The normalized spacial score (nSPS) is 13.7. The van der Waals surface area contributed by atoms with E-state index in [1.54, 1.807) is 0 Å². The molecule has 4 nitrogen and oxygen atoms in total. The molecule has 0 aromatic heterocycles. The van der Waals surface area contributed by atoms with Crippen molar-refractivity contribution in [2.75, 3.05) is 19.6 Å². The number of hydrogen-bond donors (Lipinski definition) is 0. The van der Waals surface area contributed by atoms with Crippen molar-refractivity contribution in [2.45, 2.75) is 176 Å². The van der Waals surface area contributed by atoms with Gasteiger partial charge in [-0.2, -0.15) is 0 Å². The topological polar surface area (TPSA) is 13.0 Å². The van der Waals surface area contributed by atoms with E-state index in [0.29, 0.717) is 5.92 Å². The second-order valence-electron chi connectivity index (χ2n) is 29.9. The fraction of sp³-hybridized carbons (Fsp3) is 0.333. The van der Waals surface area contributed by atoms with Crippen molar-refractivity contribution in [1.82, 2.24) is 0 Å². The van der Waals surface area contributed by atoms with Gasteiger partial charge in [0.15, 0.2) is 0 Å². The number of hydrogen-bond acceptors (Lipinski definition) is 4. The number of benzene rings is 9. The van der Waals surface area contributed by atoms with Gasteiger partial charge in [-0.25, -0.2) is 0 Å². The van der Waals surface area contributed by atoms with E-state index in [9.17, 15) is 0 Å². The molecule has 0 aliphatic carbocycles. The monoisotopic (exact) mass is 1130 g/mol. The Bertz CT molecular complexity index is 3720. The van der Waals surface area contributed by atoms with Crippen molar-refractivity contribution in [3.05, 3.63) is 234 Å². The molecule has 11 rings (SSSR count). The fourth-order valence-electron chi connectivity index (χ4n) is 13.0. The van der Waals surface area contributed by atoms with E-state index in [1.165, 1.54) is 98.2 Å². The predicted molar refractivity (Wildman–Crippen MR) is 376 cm³/mol. The molecule has 0 amide bonds. The summed E-state index contributed by atoms with van der Waals surface area (Å²) in [5.41, 5.74) is 25.7. The Balaban J connectivity index is 1.15. The minimum atomic E-state index is -0.0790. The van der Waals surface area contributed by atoms with Gasteiger partial charge in [-0.05, 0) is 198 Å². The van der Waals surface area contributed by atoms with Gasteiger partial charge in [-0.1, -0.05) is 228 Å². The van der Waals surface area contributed by atoms with Crippen molar-refractivity contribution in [3.63, 3.8) is 0 Å². The van der Waals surface area contributed by atoms with Crippen LogP contribution in [0.5, 0.6) is 0 Å². The summed E-state index contributed by atoms with van der Waals surface area (Å²) >= 11 is 0. The van der Waals surface area contributed by atoms with Crippen molar-refractivity contribution >= 4 is 91.3 Å². The number of unbranched alkanes of at least 4 members (excludes halogenated alkanes) is 2. The summed E-state index contributed by atoms with van der Waals surface area (Å²) < 4.78 is 0. The quantitative estimate of drug-likeness (QED) is 0.0842. The average molecular weight is 1130 g/mol. The van der Waals surface area contributed by atoms with E-state index in [0.717, 1.165) is 45.5 Å². The standard InChI is InChI=1S/C81H93BN4/c1-18-19-20-22-55(2)56-25-37-66(38-26-56)85-72-23-21-24-73-76(72)82(70-51-49-68(53-74(70)85)83(62-39-27-57(28-40-62)77(3,4)5)63-41-29-58(30-42-63)78(6,7)8)71-52-50-69(54-75(71)86(73)67-47-35-61(36-48-67)81(15,16)17)84(64-43-31-59(32-44-64)79(9,10)11)65-45-33-60(34-46-65)80(12,13)14/h21,23-55H,18-20,22H2,1-17H3. The fourth-order valence-corrected chi connectivity index (χ4v) is 13.0. The van der Waals surface area contributed by atoms with Crippen LogP contribution in [-0.2, 0) is 27.1 Å². The molecule has 440 valence electrons. The van der Waals surface area contributed by atoms with Crippen LogP contribution in [0.15, 0.2) is 200 Å². The van der Waals surface area contributed by atoms with Crippen LogP contribution in [0.3, 0.4) is 0 Å². The van der Waals surface area contributed by atoms with Crippen LogP contribution >= 0.6 is 0 Å². The molecule has 9 aromatic carbocycles. The van der Waals surface area contributed by atoms with Crippen LogP contribution in [0.25, 0.3) is 0 Å². The Morgan fingerprint density at radius 2 is 0.651 bits per heavy atom. The van der Waals surface area contributed by atoms with E-state index >= 15 is 0 Å². The largest absolute Gasteiger partial charge is 0.311 e. The first-order valence-electron chi connectivity index (χ1n) is 31.9. The van der Waals surface area contributed by atoms with Crippen LogP contribution in [0.4, 0.5) is 68.2 Å². The number of fused-ring (bicyclic) bond motifs is 4. The molecule has 0 fully saturated rings. The van der Waals surface area contributed by atoms with Gasteiger partial charge in [0, 0.05) is 68.2 Å². The summed E-state index contributed by atoms with van der Waals surface area (Å²) in [6.07, 6.45) is 4.94. The lowest BCUT2D eigenvalue weighted by Gasteiger charge is -2.44. The Labute approximate surface area is 518 Å². The zero-order chi connectivity index (χ0) is 61.3. The molecule has 2 aliphatic heterocycles. The maximum atomic E-state index is 2.58. The molecule has 1 atom stereocenters. The molecule has 0 N–H and O–H groups in total. The van der Waals surface area contributed by atoms with Gasteiger partial charge in [0.25, 0.3) is 6.71 Å². The van der Waals surface area contributed by atoms with Gasteiger partial charge in [-0.15, -0.1) is 0 Å². The molecule has 0 spiro atoms. The molecule has 0 saturated heterocycles. The summed E-state index contributed by atoms with van der Waals surface area (Å²) in [4.78, 5) is 10.1. The lowest BCUT2D eigenvalue weighted by molar-refractivity contribution is 0.590. The summed E-state index contributed by atoms with van der Waals surface area (Å²) in [7, 11) is 0. The van der Waals surface area contributed by atoms with Crippen LogP contribution in [-0.4, -0.2) is 6.71 Å². The zero-order valence-electron chi connectivity index (χ0n) is 54.8. The summed E-state index contributed by atoms with van der Waals surface area (Å²) in [5, 5.41) is 0. The minimum absolute atomic E-state index is 0.00133. The van der Waals surface area contributed by atoms with Gasteiger partial charge in [-0.3, -0.25) is 0 Å². The lowest BCUT2D eigenvalue weighted by atomic mass is 9.33. The third kappa shape index (κ3) is 11.8. The molecule has 2 aliphatic rings. The van der Waals surface area contributed by atoms with E-state index in [1.807, 2.05) is 0 Å². The summed E-state index contributed by atoms with van der Waals surface area (Å²) in [6, 6.07) is 77.7. The van der Waals surface area contributed by atoms with E-state index in [-0.39, 0.29) is 33.8 Å². The van der Waals surface area contributed by atoms with Gasteiger partial charge < -0.3 is 19.6 Å². The van der Waals surface area contributed by atoms with Gasteiger partial charge in [0.05, 0.1) is 0 Å². The number of anilines is 12. The van der Waals surface area contributed by atoms with Gasteiger partial charge >= 0.3 is 0 Å². The van der Waals surface area contributed by atoms with Crippen LogP contribution in [0, 0.1) is 0 Å². The van der Waals surface area contributed by atoms with Crippen molar-refractivity contribution < 1.29 is 0 Å². The smallest absolute Gasteiger partial charge is 0.252 e. The highest BCUT2D eigenvalue weighted by molar-refractivity contribution is 7.00. The minimum Gasteiger partial charge on any atom is -0.311 e. The lowest BCUT2D eigenvalue weighted by Crippen LogP contribution is -2.61. The van der Waals surface area contributed by atoms with Crippen molar-refractivity contribution in [2.24, 2.45) is 0 Å². The third-order valence-electron chi connectivity index (χ3n) is 18.4. The highest BCUT2D eigenvalue weighted by Gasteiger charge is 2.44. The zero-order valence-corrected chi connectivity index (χ0v) is 54.8. The molecule has 2 heterocycles. The maximum Gasteiger partial charge on any atom is 0.252 e. The predicted octanol–water partition coefficient (Wildman–Crippen LogP) is 21.9. The first kappa shape index (κ1) is 60.0. The van der Waals surface area contributed by atoms with Crippen LogP contribution in [0.1, 0.15) is 183 Å². The second-order valence-corrected chi connectivity index (χ2v) is 29.9. The SMILES string of the molecule is CCCCCC(C)c1ccc(N2c3cc(N(c4ccc(C(C)(C)C)cc4)c4ccc(C(C)(C)C)cc4)ccc3B3c4ccc(N(c5ccc(C(C)(C)C)cc5)c5ccc(C(C)(C)C)cc5)cc4N(c4ccc(C(C)(C)C)cc4)c4cccc2c43)cc1. The highest BCUT2D eigenvalue weighted by Crippen LogP contribution is 2.49.